The van der Waals surface area contributed by atoms with Crippen LogP contribution in [0.3, 0.4) is 0 Å². The number of amides is 3. The second-order valence-electron chi connectivity index (χ2n) is 7.47. The van der Waals surface area contributed by atoms with Crippen molar-refractivity contribution in [1.29, 1.82) is 0 Å². The van der Waals surface area contributed by atoms with Crippen molar-refractivity contribution in [1.82, 2.24) is 30.7 Å². The van der Waals surface area contributed by atoms with Gasteiger partial charge in [0, 0.05) is 23.8 Å². The number of hydrogen-bond acceptors (Lipinski definition) is 14. The van der Waals surface area contributed by atoms with Crippen LogP contribution in [0.15, 0.2) is 26.1 Å². The maximum atomic E-state index is 13.0. The molecule has 3 amide bonds. The van der Waals surface area contributed by atoms with Gasteiger partial charge in [0.2, 0.25) is 5.91 Å². The fourth-order valence-corrected chi connectivity index (χ4v) is 7.28. The van der Waals surface area contributed by atoms with Crippen LogP contribution in [0, 0.1) is 0 Å². The Kier molecular flexibility index (Phi) is 8.30. The third-order valence-electron chi connectivity index (χ3n) is 5.01. The van der Waals surface area contributed by atoms with E-state index in [1.165, 1.54) is 59.2 Å². The summed E-state index contributed by atoms with van der Waals surface area (Å²) in [6.07, 6.45) is 0. The molecule has 4 rings (SSSR count). The Morgan fingerprint density at radius 3 is 2.81 bits per heavy atom. The molecule has 0 radical (unpaired) electrons. The average Bonchev–Trinajstić information content (AvgIpc) is 3.50. The predicted molar refractivity (Wildman–Crippen MR) is 138 cm³/mol. The Bertz CT molecular complexity index is 1310. The lowest BCUT2D eigenvalue weighted by Gasteiger charge is -2.49. The van der Waals surface area contributed by atoms with Gasteiger partial charge in [0.25, 0.3) is 11.8 Å². The van der Waals surface area contributed by atoms with Gasteiger partial charge in [-0.25, -0.2) is 9.78 Å². The lowest BCUT2D eigenvalue weighted by molar-refractivity contribution is -0.150. The van der Waals surface area contributed by atoms with Gasteiger partial charge >= 0.3 is 5.97 Å². The minimum Gasteiger partial charge on any atom is -0.477 e. The summed E-state index contributed by atoms with van der Waals surface area (Å²) in [7, 11) is 1.27. The quantitative estimate of drug-likeness (QED) is 0.127. The smallest absolute Gasteiger partial charge is 0.352 e. The number of aromatic nitrogens is 3. The molecule has 0 bridgehead atoms. The second kappa shape index (κ2) is 11.4. The van der Waals surface area contributed by atoms with E-state index in [9.17, 15) is 24.3 Å². The van der Waals surface area contributed by atoms with Crippen molar-refractivity contribution in [3.8, 4) is 0 Å². The number of thiazole rings is 1. The monoisotopic (exact) mass is 584 g/mol. The van der Waals surface area contributed by atoms with Gasteiger partial charge in [-0.1, -0.05) is 28.3 Å². The zero-order chi connectivity index (χ0) is 26.7. The fraction of sp³-hybridized carbons (Fsp3) is 0.368. The number of thioether (sulfide) groups is 2. The van der Waals surface area contributed by atoms with Gasteiger partial charge in [0.05, 0.1) is 6.54 Å². The first-order valence-corrected chi connectivity index (χ1v) is 14.2. The van der Waals surface area contributed by atoms with Crippen molar-refractivity contribution in [3.63, 3.8) is 0 Å². The SMILES string of the molecule is CON=C(C(=O)NC1C(=O)N2C(C(=O)O)=C(CSc3nnc(CNC(C)=O)s3)CS[C@@H]12)c1csc(N)n1. The third kappa shape index (κ3) is 5.86. The van der Waals surface area contributed by atoms with Crippen molar-refractivity contribution >= 4 is 80.7 Å². The standard InChI is InChI=1S/C19H20N8O6S4/c1-7(28)21-3-10-24-25-19(37-10)36-5-8-4-34-16-12(15(30)27(16)13(8)17(31)32)23-14(29)11(26-33-2)9-6-35-18(20)22-9/h6,12,16H,3-5H2,1-2H3,(H2,20,22)(H,21,28)(H,23,29)(H,31,32)/t12?,16-/m0/s1. The Morgan fingerprint density at radius 2 is 2.16 bits per heavy atom. The molecular weight excluding hydrogens is 565 g/mol. The van der Waals surface area contributed by atoms with E-state index in [1.54, 1.807) is 0 Å². The van der Waals surface area contributed by atoms with Crippen molar-refractivity contribution in [2.24, 2.45) is 5.16 Å². The van der Waals surface area contributed by atoms with Crippen LogP contribution in [-0.2, 0) is 30.6 Å². The van der Waals surface area contributed by atoms with Gasteiger partial charge in [0.15, 0.2) is 15.2 Å². The van der Waals surface area contributed by atoms with Gasteiger partial charge < -0.3 is 26.3 Å². The van der Waals surface area contributed by atoms with E-state index in [0.717, 1.165) is 11.3 Å². The molecule has 1 unspecified atom stereocenters. The number of oxime groups is 1. The van der Waals surface area contributed by atoms with E-state index in [4.69, 9.17) is 10.6 Å². The lowest BCUT2D eigenvalue weighted by atomic mass is 10.0. The van der Waals surface area contributed by atoms with Crippen LogP contribution in [0.4, 0.5) is 5.13 Å². The van der Waals surface area contributed by atoms with Crippen LogP contribution < -0.4 is 16.4 Å². The second-order valence-corrected chi connectivity index (χ2v) is 11.8. The van der Waals surface area contributed by atoms with E-state index in [2.05, 4.69) is 31.0 Å². The zero-order valence-corrected chi connectivity index (χ0v) is 22.6. The molecule has 0 saturated carbocycles. The number of nitrogens with one attached hydrogen (secondary N) is 2. The third-order valence-corrected chi connectivity index (χ3v) is 9.16. The van der Waals surface area contributed by atoms with Crippen LogP contribution in [0.1, 0.15) is 17.6 Å². The topological polar surface area (TPSA) is 202 Å². The summed E-state index contributed by atoms with van der Waals surface area (Å²) in [5, 5.41) is 28.7. The summed E-state index contributed by atoms with van der Waals surface area (Å²) in [5.74, 6) is -2.03. The van der Waals surface area contributed by atoms with Gasteiger partial charge in [-0.15, -0.1) is 33.3 Å². The molecule has 0 aliphatic carbocycles. The number of anilines is 1. The molecule has 2 atom stereocenters. The van der Waals surface area contributed by atoms with E-state index in [1.807, 2.05) is 0 Å². The summed E-state index contributed by atoms with van der Waals surface area (Å²) in [6.45, 7) is 1.66. The minimum atomic E-state index is -1.23. The summed E-state index contributed by atoms with van der Waals surface area (Å²) in [6, 6.07) is -0.946. The number of carbonyl (C=O) groups is 4. The Hall–Kier alpha value is -3.22. The zero-order valence-electron chi connectivity index (χ0n) is 19.3. The largest absolute Gasteiger partial charge is 0.477 e. The number of rotatable bonds is 10. The van der Waals surface area contributed by atoms with Gasteiger partial charge in [-0.05, 0) is 5.57 Å². The number of fused-ring (bicyclic) bond motifs is 1. The van der Waals surface area contributed by atoms with Crippen LogP contribution >= 0.6 is 46.2 Å². The molecule has 1 fully saturated rings. The molecule has 0 aromatic carbocycles. The number of aliphatic carboxylic acids is 1. The normalized spacial score (nSPS) is 19.2. The molecule has 5 N–H and O–H groups in total. The predicted octanol–water partition coefficient (Wildman–Crippen LogP) is 0.0943. The summed E-state index contributed by atoms with van der Waals surface area (Å²) >= 11 is 5.05. The number of β-lactam (4-membered cyclic amide) rings is 1. The highest BCUT2D eigenvalue weighted by Crippen LogP contribution is 2.41. The van der Waals surface area contributed by atoms with Gasteiger partial charge in [-0.2, -0.15) is 0 Å². The number of nitrogen functional groups attached to an aromatic ring is 1. The molecule has 14 nitrogen and oxygen atoms in total. The average molecular weight is 585 g/mol. The highest BCUT2D eigenvalue weighted by molar-refractivity contribution is 8.01. The fourth-order valence-electron chi connectivity index (χ4n) is 3.41. The molecule has 2 aliphatic heterocycles. The Morgan fingerprint density at radius 1 is 1.38 bits per heavy atom. The minimum absolute atomic E-state index is 0.104. The first-order chi connectivity index (χ1) is 17.7. The van der Waals surface area contributed by atoms with Crippen LogP contribution in [0.25, 0.3) is 0 Å². The van der Waals surface area contributed by atoms with Crippen molar-refractivity contribution in [2.75, 3.05) is 24.3 Å². The number of carboxylic acid groups (broad SMARTS) is 1. The molecule has 2 aromatic heterocycles. The first kappa shape index (κ1) is 26.8. The van der Waals surface area contributed by atoms with Crippen molar-refractivity contribution in [2.45, 2.75) is 29.2 Å². The molecular formula is C19H20N8O6S4. The van der Waals surface area contributed by atoms with Crippen LogP contribution in [0.2, 0.25) is 0 Å². The number of carboxylic acids is 1. The van der Waals surface area contributed by atoms with E-state index < -0.39 is 29.2 Å². The number of nitrogens with zero attached hydrogens (tertiary/aromatic N) is 5. The highest BCUT2D eigenvalue weighted by Gasteiger charge is 2.54. The lowest BCUT2D eigenvalue weighted by Crippen LogP contribution is -2.71. The van der Waals surface area contributed by atoms with Crippen molar-refractivity contribution in [3.05, 3.63) is 27.4 Å². The molecule has 0 spiro atoms. The number of hydrogen-bond donors (Lipinski definition) is 4. The molecule has 2 aliphatic rings. The molecule has 18 heteroatoms. The molecule has 4 heterocycles. The maximum absolute atomic E-state index is 13.0. The van der Waals surface area contributed by atoms with E-state index in [0.29, 0.717) is 20.7 Å². The first-order valence-electron chi connectivity index (χ1n) is 10.4. The highest BCUT2D eigenvalue weighted by atomic mass is 32.2. The molecule has 196 valence electrons. The Balaban J connectivity index is 1.43. The van der Waals surface area contributed by atoms with Crippen LogP contribution in [0.5, 0.6) is 0 Å². The molecule has 2 aromatic rings. The Labute approximate surface area is 226 Å². The maximum Gasteiger partial charge on any atom is 0.352 e. The van der Waals surface area contributed by atoms with E-state index >= 15 is 0 Å². The van der Waals surface area contributed by atoms with E-state index in [-0.39, 0.29) is 40.4 Å². The van der Waals surface area contributed by atoms with Crippen LogP contribution in [-0.4, -0.2) is 84.6 Å². The number of nitrogens with two attached hydrogens (primary N) is 1. The van der Waals surface area contributed by atoms with Gasteiger partial charge in [0.1, 0.15) is 34.9 Å². The molecule has 37 heavy (non-hydrogen) atoms. The summed E-state index contributed by atoms with van der Waals surface area (Å²) in [4.78, 5) is 58.9. The summed E-state index contributed by atoms with van der Waals surface area (Å²) in [5.41, 5.74) is 6.13. The van der Waals surface area contributed by atoms with Gasteiger partial charge in [-0.3, -0.25) is 19.3 Å². The summed E-state index contributed by atoms with van der Waals surface area (Å²) < 4.78 is 0.609. The number of carbonyl (C=O) groups excluding carboxylic acids is 3. The molecule has 1 saturated heterocycles. The van der Waals surface area contributed by atoms with Crippen molar-refractivity contribution < 1.29 is 29.1 Å².